The van der Waals surface area contributed by atoms with Gasteiger partial charge in [-0.25, -0.2) is 4.79 Å². The Morgan fingerprint density at radius 2 is 2.00 bits per heavy atom. The van der Waals surface area contributed by atoms with E-state index in [0.29, 0.717) is 16.5 Å². The number of ether oxygens (including phenoxy) is 1. The molecule has 2 rings (SSSR count). The molecule has 9 heteroatoms. The molecule has 3 N–H and O–H groups in total. The molecule has 0 aliphatic rings. The smallest absolute Gasteiger partial charge is 0.337 e. The van der Waals surface area contributed by atoms with E-state index in [2.05, 4.69) is 15.8 Å². The number of carboxylic acid groups (broad SMARTS) is 1. The Balaban J connectivity index is 2.16. The molecule has 0 bridgehead atoms. The summed E-state index contributed by atoms with van der Waals surface area (Å²) in [4.78, 5) is 23.3. The maximum atomic E-state index is 12.2. The first-order valence-corrected chi connectivity index (χ1v) is 7.55. The van der Waals surface area contributed by atoms with Gasteiger partial charge >= 0.3 is 5.97 Å². The quantitative estimate of drug-likeness (QED) is 0.529. The molecule has 132 valence electrons. The molecular formula is C17H13ClN4O4. The van der Waals surface area contributed by atoms with Gasteiger partial charge in [-0.1, -0.05) is 23.7 Å². The second kappa shape index (κ2) is 8.50. The van der Waals surface area contributed by atoms with E-state index in [0.717, 1.165) is 0 Å². The third kappa shape index (κ3) is 4.49. The number of nitrogens with one attached hydrogen (secondary N) is 2. The molecule has 1 amide bonds. The van der Waals surface area contributed by atoms with Crippen LogP contribution in [0.5, 0.6) is 5.75 Å². The number of hydrogen-bond acceptors (Lipinski definition) is 6. The molecule has 2 aromatic carbocycles. The van der Waals surface area contributed by atoms with Crippen molar-refractivity contribution in [3.8, 4) is 11.8 Å². The lowest BCUT2D eigenvalue weighted by atomic mass is 10.1. The molecule has 0 aliphatic heterocycles. The topological polar surface area (TPSA) is 124 Å². The van der Waals surface area contributed by atoms with Crippen LogP contribution < -0.4 is 15.5 Å². The van der Waals surface area contributed by atoms with Gasteiger partial charge in [0.05, 0.1) is 29.1 Å². The highest BCUT2D eigenvalue weighted by Gasteiger charge is 2.16. The molecule has 0 radical (unpaired) electrons. The largest absolute Gasteiger partial charge is 0.495 e. The van der Waals surface area contributed by atoms with Crippen LogP contribution in [0.2, 0.25) is 5.02 Å². The van der Waals surface area contributed by atoms with Crippen LogP contribution in [-0.2, 0) is 4.79 Å². The summed E-state index contributed by atoms with van der Waals surface area (Å²) in [6.45, 7) is 0. The molecule has 0 atom stereocenters. The second-order valence-corrected chi connectivity index (χ2v) is 5.25. The number of nitrogens with zero attached hydrogens (tertiary/aromatic N) is 2. The number of nitriles is 1. The van der Waals surface area contributed by atoms with Crippen LogP contribution in [0.25, 0.3) is 0 Å². The van der Waals surface area contributed by atoms with Gasteiger partial charge in [0.1, 0.15) is 11.8 Å². The van der Waals surface area contributed by atoms with Crippen LogP contribution in [0.1, 0.15) is 10.4 Å². The minimum atomic E-state index is -1.21. The van der Waals surface area contributed by atoms with E-state index in [9.17, 15) is 9.59 Å². The van der Waals surface area contributed by atoms with Gasteiger partial charge in [-0.15, -0.1) is 0 Å². The van der Waals surface area contributed by atoms with Crippen LogP contribution in [0.4, 0.5) is 11.4 Å². The minimum Gasteiger partial charge on any atom is -0.495 e. The Morgan fingerprint density at radius 3 is 2.62 bits per heavy atom. The summed E-state index contributed by atoms with van der Waals surface area (Å²) in [5, 5.41) is 24.6. The van der Waals surface area contributed by atoms with E-state index in [1.165, 1.54) is 31.4 Å². The van der Waals surface area contributed by atoms with E-state index in [-0.39, 0.29) is 11.3 Å². The van der Waals surface area contributed by atoms with Crippen molar-refractivity contribution in [2.75, 3.05) is 17.9 Å². The van der Waals surface area contributed by atoms with Gasteiger partial charge in [0.15, 0.2) is 0 Å². The number of hydrazone groups is 1. The summed E-state index contributed by atoms with van der Waals surface area (Å²) in [7, 11) is 1.47. The van der Waals surface area contributed by atoms with Crippen molar-refractivity contribution in [1.29, 1.82) is 5.26 Å². The summed E-state index contributed by atoms with van der Waals surface area (Å²) in [5.74, 6) is -1.60. The summed E-state index contributed by atoms with van der Waals surface area (Å²) in [6.07, 6.45) is 0. The first kappa shape index (κ1) is 18.8. The molecule has 0 saturated carbocycles. The highest BCUT2D eigenvalue weighted by molar-refractivity contribution is 6.49. The van der Waals surface area contributed by atoms with Crippen LogP contribution in [-0.4, -0.2) is 29.8 Å². The van der Waals surface area contributed by atoms with Crippen molar-refractivity contribution >= 4 is 40.6 Å². The van der Waals surface area contributed by atoms with Crippen molar-refractivity contribution in [3.63, 3.8) is 0 Å². The lowest BCUT2D eigenvalue weighted by molar-refractivity contribution is -0.110. The molecule has 0 heterocycles. The molecular weight excluding hydrogens is 360 g/mol. The first-order chi connectivity index (χ1) is 12.5. The zero-order valence-electron chi connectivity index (χ0n) is 13.5. The van der Waals surface area contributed by atoms with Crippen LogP contribution in [0.3, 0.4) is 0 Å². The molecule has 0 unspecified atom stereocenters. The van der Waals surface area contributed by atoms with Crippen molar-refractivity contribution in [1.82, 2.24) is 0 Å². The van der Waals surface area contributed by atoms with E-state index >= 15 is 0 Å². The number of rotatable bonds is 6. The lowest BCUT2D eigenvalue weighted by Crippen LogP contribution is -2.23. The van der Waals surface area contributed by atoms with E-state index in [1.807, 2.05) is 0 Å². The number of carbonyl (C=O) groups excluding carboxylic acids is 1. The molecule has 0 aliphatic carbocycles. The Labute approximate surface area is 153 Å². The molecule has 0 fully saturated rings. The number of carbonyl (C=O) groups is 2. The molecule has 0 spiro atoms. The molecule has 0 aromatic heterocycles. The minimum absolute atomic E-state index is 0.0560. The zero-order valence-corrected chi connectivity index (χ0v) is 14.2. The van der Waals surface area contributed by atoms with Crippen molar-refractivity contribution in [3.05, 3.63) is 53.1 Å². The third-order valence-corrected chi connectivity index (χ3v) is 3.47. The number of anilines is 2. The Kier molecular flexibility index (Phi) is 6.14. The van der Waals surface area contributed by atoms with Gasteiger partial charge in [0, 0.05) is 0 Å². The monoisotopic (exact) mass is 372 g/mol. The van der Waals surface area contributed by atoms with Crippen molar-refractivity contribution < 1.29 is 19.4 Å². The molecule has 8 nitrogen and oxygen atoms in total. The summed E-state index contributed by atoms with van der Waals surface area (Å²) >= 11 is 5.98. The summed E-state index contributed by atoms with van der Waals surface area (Å²) in [6, 6.07) is 12.2. The molecule has 0 saturated heterocycles. The average Bonchev–Trinajstić information content (AvgIpc) is 2.62. The number of amides is 1. The molecule has 26 heavy (non-hydrogen) atoms. The van der Waals surface area contributed by atoms with E-state index in [4.69, 9.17) is 26.7 Å². The van der Waals surface area contributed by atoms with Crippen LogP contribution >= 0.6 is 11.6 Å². The van der Waals surface area contributed by atoms with E-state index in [1.54, 1.807) is 24.3 Å². The fraction of sp³-hybridized carbons (Fsp3) is 0.0588. The Bertz CT molecular complexity index is 921. The lowest BCUT2D eigenvalue weighted by Gasteiger charge is -2.08. The number of methoxy groups -OCH3 is 1. The van der Waals surface area contributed by atoms with Crippen LogP contribution in [0.15, 0.2) is 47.6 Å². The highest BCUT2D eigenvalue weighted by atomic mass is 35.5. The number of carboxylic acids is 1. The van der Waals surface area contributed by atoms with Gasteiger partial charge in [-0.2, -0.15) is 10.4 Å². The SMILES string of the molecule is COc1ccc(NN=C(C#N)C(=O)Nc2ccccc2C(=O)O)cc1Cl. The predicted octanol–water partition coefficient (Wildman–Crippen LogP) is 2.98. The first-order valence-electron chi connectivity index (χ1n) is 7.17. The van der Waals surface area contributed by atoms with Crippen molar-refractivity contribution in [2.45, 2.75) is 0 Å². The van der Waals surface area contributed by atoms with Gasteiger partial charge in [-0.3, -0.25) is 10.2 Å². The Morgan fingerprint density at radius 1 is 1.27 bits per heavy atom. The van der Waals surface area contributed by atoms with Gasteiger partial charge in [0.2, 0.25) is 5.71 Å². The van der Waals surface area contributed by atoms with Gasteiger partial charge in [0.25, 0.3) is 5.91 Å². The summed E-state index contributed by atoms with van der Waals surface area (Å²) in [5.41, 5.74) is 2.44. The standard InChI is InChI=1S/C17H13ClN4O4/c1-26-15-7-6-10(8-12(15)18)21-22-14(9-19)16(23)20-13-5-3-2-4-11(13)17(24)25/h2-8,21H,1H3,(H,20,23)(H,24,25). The maximum Gasteiger partial charge on any atom is 0.337 e. The fourth-order valence-corrected chi connectivity index (χ4v) is 2.20. The van der Waals surface area contributed by atoms with Crippen molar-refractivity contribution in [2.24, 2.45) is 5.10 Å². The number of benzene rings is 2. The highest BCUT2D eigenvalue weighted by Crippen LogP contribution is 2.27. The number of para-hydroxylation sites is 1. The number of halogens is 1. The fourth-order valence-electron chi connectivity index (χ4n) is 1.94. The zero-order chi connectivity index (χ0) is 19.1. The van der Waals surface area contributed by atoms with Crippen LogP contribution in [0, 0.1) is 11.3 Å². The molecule has 2 aromatic rings. The van der Waals surface area contributed by atoms with E-state index < -0.39 is 17.6 Å². The Hall–Kier alpha value is -3.57. The van der Waals surface area contributed by atoms with Gasteiger partial charge in [-0.05, 0) is 30.3 Å². The maximum absolute atomic E-state index is 12.2. The number of hydrogen-bond donors (Lipinski definition) is 3. The normalized spacial score (nSPS) is 10.6. The number of aromatic carboxylic acids is 1. The predicted molar refractivity (Wildman–Crippen MR) is 96.7 cm³/mol. The summed E-state index contributed by atoms with van der Waals surface area (Å²) < 4.78 is 5.02. The average molecular weight is 373 g/mol. The van der Waals surface area contributed by atoms with Gasteiger partial charge < -0.3 is 15.2 Å². The second-order valence-electron chi connectivity index (χ2n) is 4.84. The third-order valence-electron chi connectivity index (χ3n) is 3.18.